The van der Waals surface area contributed by atoms with E-state index in [1.807, 2.05) is 48.5 Å². The first-order valence-corrected chi connectivity index (χ1v) is 14.5. The molecule has 1 aromatic heterocycles. The number of amides is 1. The van der Waals surface area contributed by atoms with Crippen LogP contribution in [0.25, 0.3) is 0 Å². The average molecular weight is 569 g/mol. The molecular formula is C27H24N2O6S3. The van der Waals surface area contributed by atoms with Gasteiger partial charge in [-0.15, -0.1) is 11.3 Å². The van der Waals surface area contributed by atoms with E-state index in [9.17, 15) is 18.0 Å². The molecule has 3 aromatic carbocycles. The Hall–Kier alpha value is -3.80. The summed E-state index contributed by atoms with van der Waals surface area (Å²) in [5, 5.41) is 4.47. The van der Waals surface area contributed by atoms with E-state index in [1.165, 1.54) is 23.1 Å². The number of nitrogens with zero attached hydrogens (tertiary/aromatic N) is 1. The number of carbonyl (C=O) groups is 2. The number of ether oxygens (including phenoxy) is 2. The van der Waals surface area contributed by atoms with E-state index in [2.05, 4.69) is 5.32 Å². The van der Waals surface area contributed by atoms with E-state index in [0.717, 1.165) is 21.1 Å². The number of hydrogen-bond donors (Lipinski definition) is 1. The molecule has 0 saturated heterocycles. The Morgan fingerprint density at radius 2 is 1.61 bits per heavy atom. The van der Waals surface area contributed by atoms with Crippen LogP contribution >= 0.6 is 23.1 Å². The number of nitrogens with one attached hydrogen (secondary N) is 1. The third-order valence-electron chi connectivity index (χ3n) is 5.16. The molecular weight excluding hydrogens is 545 g/mol. The van der Waals surface area contributed by atoms with Gasteiger partial charge in [0.05, 0.1) is 11.4 Å². The minimum absolute atomic E-state index is 0.241. The van der Waals surface area contributed by atoms with Crippen molar-refractivity contribution in [3.05, 3.63) is 96.4 Å². The van der Waals surface area contributed by atoms with Crippen molar-refractivity contribution in [1.29, 1.82) is 0 Å². The zero-order valence-electron chi connectivity index (χ0n) is 20.3. The maximum Gasteiger partial charge on any atom is 0.344 e. The Labute approximate surface area is 229 Å². The standard InChI is InChI=1S/C27H24N2O6S3/c1-29(38(32,33)27-12-7-17-36-27)20-13-15-21(16-14-20)34-19-26(31)35-18-25(30)28-23-10-5-6-11-24(23)37-22-8-3-2-4-9-22/h2-17H,18-19H2,1H3,(H,28,30). The average Bonchev–Trinajstić information content (AvgIpc) is 3.49. The number of benzene rings is 3. The summed E-state index contributed by atoms with van der Waals surface area (Å²) in [5.74, 6) is -0.837. The fraction of sp³-hybridized carbons (Fsp3) is 0.111. The summed E-state index contributed by atoms with van der Waals surface area (Å²) in [7, 11) is -2.18. The molecule has 0 fully saturated rings. The highest BCUT2D eigenvalue weighted by Crippen LogP contribution is 2.33. The number of anilines is 2. The largest absolute Gasteiger partial charge is 0.482 e. The number of sulfonamides is 1. The van der Waals surface area contributed by atoms with Crippen molar-refractivity contribution in [1.82, 2.24) is 0 Å². The fourth-order valence-electron chi connectivity index (χ4n) is 3.23. The summed E-state index contributed by atoms with van der Waals surface area (Å²) in [6.45, 7) is -0.868. The number of para-hydroxylation sites is 1. The molecule has 196 valence electrons. The molecule has 4 rings (SSSR count). The second-order valence-corrected chi connectivity index (χ2v) is 12.1. The molecule has 0 aliphatic carbocycles. The molecule has 0 bridgehead atoms. The van der Waals surface area contributed by atoms with E-state index in [-0.39, 0.29) is 4.21 Å². The van der Waals surface area contributed by atoms with Crippen LogP contribution in [-0.2, 0) is 24.3 Å². The monoisotopic (exact) mass is 568 g/mol. The Kier molecular flexibility index (Phi) is 9.06. The molecule has 1 amide bonds. The maximum atomic E-state index is 12.6. The van der Waals surface area contributed by atoms with Crippen molar-refractivity contribution in [3.8, 4) is 5.75 Å². The van der Waals surface area contributed by atoms with Gasteiger partial charge in [0, 0.05) is 16.8 Å². The van der Waals surface area contributed by atoms with Crippen LogP contribution in [0, 0.1) is 0 Å². The molecule has 1 N–H and O–H groups in total. The van der Waals surface area contributed by atoms with Crippen LogP contribution in [0.15, 0.2) is 110 Å². The Morgan fingerprint density at radius 1 is 0.895 bits per heavy atom. The minimum atomic E-state index is -3.65. The quantitative estimate of drug-likeness (QED) is 0.246. The van der Waals surface area contributed by atoms with Crippen LogP contribution in [0.4, 0.5) is 11.4 Å². The van der Waals surface area contributed by atoms with E-state index in [1.54, 1.807) is 47.8 Å². The third kappa shape index (κ3) is 7.15. The Balaban J connectivity index is 1.24. The van der Waals surface area contributed by atoms with Crippen LogP contribution < -0.4 is 14.4 Å². The Bertz CT molecular complexity index is 1480. The zero-order valence-corrected chi connectivity index (χ0v) is 22.7. The van der Waals surface area contributed by atoms with Crippen LogP contribution in [0.5, 0.6) is 5.75 Å². The van der Waals surface area contributed by atoms with Crippen molar-refractivity contribution in [3.63, 3.8) is 0 Å². The van der Waals surface area contributed by atoms with Crippen LogP contribution in [-0.4, -0.2) is 40.6 Å². The zero-order chi connectivity index (χ0) is 27.0. The smallest absolute Gasteiger partial charge is 0.344 e. The number of carbonyl (C=O) groups excluding carboxylic acids is 2. The second kappa shape index (κ2) is 12.6. The lowest BCUT2D eigenvalue weighted by Gasteiger charge is -2.18. The maximum absolute atomic E-state index is 12.6. The number of hydrogen-bond acceptors (Lipinski definition) is 8. The van der Waals surface area contributed by atoms with Crippen LogP contribution in [0.1, 0.15) is 0 Å². The molecule has 38 heavy (non-hydrogen) atoms. The molecule has 8 nitrogen and oxygen atoms in total. The van der Waals surface area contributed by atoms with Gasteiger partial charge < -0.3 is 14.8 Å². The summed E-state index contributed by atoms with van der Waals surface area (Å²) in [4.78, 5) is 26.4. The van der Waals surface area contributed by atoms with Gasteiger partial charge in [0.15, 0.2) is 13.2 Å². The number of rotatable bonds is 11. The summed E-state index contributed by atoms with van der Waals surface area (Å²) in [5.41, 5.74) is 1.06. The molecule has 0 spiro atoms. The first-order chi connectivity index (χ1) is 18.3. The highest BCUT2D eigenvalue weighted by atomic mass is 32.2. The SMILES string of the molecule is CN(c1ccc(OCC(=O)OCC(=O)Nc2ccccc2Sc2ccccc2)cc1)S(=O)(=O)c1cccs1. The molecule has 11 heteroatoms. The van der Waals surface area contributed by atoms with Gasteiger partial charge >= 0.3 is 5.97 Å². The lowest BCUT2D eigenvalue weighted by Crippen LogP contribution is -2.25. The molecule has 4 aromatic rings. The van der Waals surface area contributed by atoms with Crippen LogP contribution in [0.3, 0.4) is 0 Å². The topological polar surface area (TPSA) is 102 Å². The second-order valence-electron chi connectivity index (χ2n) is 7.81. The first-order valence-electron chi connectivity index (χ1n) is 11.4. The summed E-state index contributed by atoms with van der Waals surface area (Å²) in [6.07, 6.45) is 0. The molecule has 0 saturated carbocycles. The molecule has 0 unspecified atom stereocenters. The van der Waals surface area contributed by atoms with Gasteiger partial charge in [-0.2, -0.15) is 0 Å². The minimum Gasteiger partial charge on any atom is -0.482 e. The van der Waals surface area contributed by atoms with Gasteiger partial charge in [-0.3, -0.25) is 9.10 Å². The normalized spacial score (nSPS) is 11.0. The van der Waals surface area contributed by atoms with Gasteiger partial charge in [-0.1, -0.05) is 48.2 Å². The Morgan fingerprint density at radius 3 is 2.32 bits per heavy atom. The summed E-state index contributed by atoms with van der Waals surface area (Å²) in [6, 6.07) is 26.6. The molecule has 0 aliphatic rings. The van der Waals surface area contributed by atoms with Crippen molar-refractivity contribution in [2.24, 2.45) is 0 Å². The van der Waals surface area contributed by atoms with Crippen molar-refractivity contribution < 1.29 is 27.5 Å². The van der Waals surface area contributed by atoms with Gasteiger partial charge in [-0.05, 0) is 60.0 Å². The fourth-order valence-corrected chi connectivity index (χ4v) is 6.51. The lowest BCUT2D eigenvalue weighted by atomic mass is 10.3. The molecule has 0 atom stereocenters. The van der Waals surface area contributed by atoms with Gasteiger partial charge in [0.2, 0.25) is 0 Å². The van der Waals surface area contributed by atoms with Gasteiger partial charge in [0.1, 0.15) is 9.96 Å². The van der Waals surface area contributed by atoms with Gasteiger partial charge in [0.25, 0.3) is 15.9 Å². The number of thiophene rings is 1. The van der Waals surface area contributed by atoms with E-state index < -0.39 is 35.1 Å². The van der Waals surface area contributed by atoms with Crippen LogP contribution in [0.2, 0.25) is 0 Å². The highest BCUT2D eigenvalue weighted by Gasteiger charge is 2.22. The van der Waals surface area contributed by atoms with Crippen molar-refractivity contribution >= 4 is 56.4 Å². The predicted molar refractivity (Wildman–Crippen MR) is 148 cm³/mol. The van der Waals surface area contributed by atoms with E-state index >= 15 is 0 Å². The van der Waals surface area contributed by atoms with Gasteiger partial charge in [-0.25, -0.2) is 13.2 Å². The van der Waals surface area contributed by atoms with Crippen molar-refractivity contribution in [2.75, 3.05) is 29.9 Å². The van der Waals surface area contributed by atoms with E-state index in [0.29, 0.717) is 17.1 Å². The predicted octanol–water partition coefficient (Wildman–Crippen LogP) is 5.29. The van der Waals surface area contributed by atoms with Crippen molar-refractivity contribution in [2.45, 2.75) is 14.0 Å². The molecule has 0 aliphatic heterocycles. The lowest BCUT2D eigenvalue weighted by molar-refractivity contribution is -0.149. The summed E-state index contributed by atoms with van der Waals surface area (Å²) < 4.78 is 37.2. The number of esters is 1. The molecule has 1 heterocycles. The molecule has 0 radical (unpaired) electrons. The third-order valence-corrected chi connectivity index (χ3v) is 9.41. The summed E-state index contributed by atoms with van der Waals surface area (Å²) >= 11 is 2.65. The first kappa shape index (κ1) is 27.2. The van der Waals surface area contributed by atoms with E-state index in [4.69, 9.17) is 9.47 Å². The highest BCUT2D eigenvalue weighted by molar-refractivity contribution is 7.99.